The largest absolute Gasteiger partial charge is 0.320 e. The van der Waals surface area contributed by atoms with Gasteiger partial charge >= 0.3 is 0 Å². The van der Waals surface area contributed by atoms with E-state index in [4.69, 9.17) is 0 Å². The molecule has 1 aliphatic rings. The second kappa shape index (κ2) is 7.84. The standard InChI is InChI=1S/C7H11NO.2C2H6/c1-5-4-6(2)8(3)7(5)9;2*1-2/h5H,2,4H2,1,3H3;2*1-2H3. The van der Waals surface area contributed by atoms with Crippen molar-refractivity contribution in [2.75, 3.05) is 7.05 Å². The number of hydrogen-bond donors (Lipinski definition) is 0. The summed E-state index contributed by atoms with van der Waals surface area (Å²) in [6, 6.07) is 0. The van der Waals surface area contributed by atoms with Crippen LogP contribution in [0.5, 0.6) is 0 Å². The molecule has 2 heteroatoms. The number of allylic oxidation sites excluding steroid dienone is 1. The maximum absolute atomic E-state index is 11.0. The third-order valence-electron chi connectivity index (χ3n) is 1.77. The summed E-state index contributed by atoms with van der Waals surface area (Å²) in [5, 5.41) is 0. The SMILES string of the molecule is C=C1CC(C)C(=O)N1C.CC.CC. The van der Waals surface area contributed by atoms with Crippen molar-refractivity contribution in [2.24, 2.45) is 5.92 Å². The predicted octanol–water partition coefficient (Wildman–Crippen LogP) is 3.05. The van der Waals surface area contributed by atoms with Gasteiger partial charge in [-0.15, -0.1) is 0 Å². The fraction of sp³-hybridized carbons (Fsp3) is 0.727. The minimum atomic E-state index is 0.155. The van der Waals surface area contributed by atoms with E-state index in [2.05, 4.69) is 6.58 Å². The second-order valence-corrected chi connectivity index (χ2v) is 2.57. The van der Waals surface area contributed by atoms with Gasteiger partial charge in [-0.25, -0.2) is 0 Å². The lowest BCUT2D eigenvalue weighted by molar-refractivity contribution is -0.128. The van der Waals surface area contributed by atoms with Crippen molar-refractivity contribution < 1.29 is 4.79 Å². The van der Waals surface area contributed by atoms with E-state index in [0.29, 0.717) is 0 Å². The van der Waals surface area contributed by atoms with E-state index in [-0.39, 0.29) is 11.8 Å². The zero-order valence-corrected chi connectivity index (χ0v) is 9.85. The summed E-state index contributed by atoms with van der Waals surface area (Å²) in [6.07, 6.45) is 0.829. The van der Waals surface area contributed by atoms with Gasteiger partial charge in [-0.05, 0) is 6.42 Å². The molecule has 78 valence electrons. The van der Waals surface area contributed by atoms with Gasteiger partial charge in [0.15, 0.2) is 0 Å². The molecule has 1 unspecified atom stereocenters. The Morgan fingerprint density at radius 1 is 1.31 bits per heavy atom. The summed E-state index contributed by atoms with van der Waals surface area (Å²) in [7, 11) is 1.77. The first-order chi connectivity index (χ1) is 6.13. The fourth-order valence-electron chi connectivity index (χ4n) is 1.06. The van der Waals surface area contributed by atoms with Crippen LogP contribution in [-0.2, 0) is 4.79 Å². The van der Waals surface area contributed by atoms with Crippen LogP contribution in [0.3, 0.4) is 0 Å². The van der Waals surface area contributed by atoms with Crippen molar-refractivity contribution in [2.45, 2.75) is 41.0 Å². The molecule has 2 nitrogen and oxygen atoms in total. The van der Waals surface area contributed by atoms with Gasteiger partial charge in [-0.3, -0.25) is 4.79 Å². The molecule has 0 aromatic rings. The highest BCUT2D eigenvalue weighted by molar-refractivity contribution is 5.83. The molecule has 1 heterocycles. The Morgan fingerprint density at radius 2 is 1.69 bits per heavy atom. The van der Waals surface area contributed by atoms with E-state index in [1.807, 2.05) is 34.6 Å². The van der Waals surface area contributed by atoms with E-state index in [1.54, 1.807) is 11.9 Å². The number of nitrogens with zero attached hydrogens (tertiary/aromatic N) is 1. The third kappa shape index (κ3) is 4.11. The van der Waals surface area contributed by atoms with Crippen LogP contribution in [0.4, 0.5) is 0 Å². The van der Waals surface area contributed by atoms with Crippen LogP contribution in [0.15, 0.2) is 12.3 Å². The van der Waals surface area contributed by atoms with Gasteiger partial charge in [0, 0.05) is 18.7 Å². The molecule has 0 bridgehead atoms. The summed E-state index contributed by atoms with van der Waals surface area (Å²) in [6.45, 7) is 13.7. The molecule has 0 aliphatic carbocycles. The first-order valence-corrected chi connectivity index (χ1v) is 5.08. The van der Waals surface area contributed by atoms with Crippen molar-refractivity contribution in [3.63, 3.8) is 0 Å². The lowest BCUT2D eigenvalue weighted by atomic mass is 10.1. The van der Waals surface area contributed by atoms with E-state index >= 15 is 0 Å². The molecular weight excluding hydrogens is 162 g/mol. The Labute approximate surface area is 82.6 Å². The van der Waals surface area contributed by atoms with E-state index in [1.165, 1.54) is 0 Å². The zero-order chi connectivity index (χ0) is 11.0. The molecule has 13 heavy (non-hydrogen) atoms. The number of amides is 1. The summed E-state index contributed by atoms with van der Waals surface area (Å²) in [5.41, 5.74) is 0.938. The smallest absolute Gasteiger partial charge is 0.229 e. The van der Waals surface area contributed by atoms with Crippen molar-refractivity contribution in [1.29, 1.82) is 0 Å². The summed E-state index contributed by atoms with van der Waals surface area (Å²) < 4.78 is 0. The van der Waals surface area contributed by atoms with Crippen LogP contribution < -0.4 is 0 Å². The maximum Gasteiger partial charge on any atom is 0.229 e. The number of hydrogen-bond acceptors (Lipinski definition) is 1. The number of rotatable bonds is 0. The van der Waals surface area contributed by atoms with Crippen molar-refractivity contribution in [3.05, 3.63) is 12.3 Å². The van der Waals surface area contributed by atoms with Gasteiger partial charge in [0.2, 0.25) is 5.91 Å². The molecule has 0 N–H and O–H groups in total. The van der Waals surface area contributed by atoms with Crippen LogP contribution in [0.1, 0.15) is 41.0 Å². The highest BCUT2D eigenvalue weighted by Gasteiger charge is 2.27. The van der Waals surface area contributed by atoms with Crippen LogP contribution in [0.2, 0.25) is 0 Å². The molecule has 1 rings (SSSR count). The quantitative estimate of drug-likeness (QED) is 0.568. The molecular formula is C11H23NO. The van der Waals surface area contributed by atoms with Gasteiger partial charge in [-0.1, -0.05) is 41.2 Å². The number of carbonyl (C=O) groups is 1. The zero-order valence-electron chi connectivity index (χ0n) is 9.85. The van der Waals surface area contributed by atoms with Gasteiger partial charge in [-0.2, -0.15) is 0 Å². The molecule has 0 aromatic carbocycles. The first kappa shape index (κ1) is 14.7. The maximum atomic E-state index is 11.0. The number of likely N-dealkylation sites (tertiary alicyclic amines) is 1. The Kier molecular flexibility index (Phi) is 8.87. The van der Waals surface area contributed by atoms with Crippen LogP contribution in [-0.4, -0.2) is 17.9 Å². The van der Waals surface area contributed by atoms with Crippen LogP contribution in [0.25, 0.3) is 0 Å². The molecule has 1 saturated heterocycles. The lowest BCUT2D eigenvalue weighted by Crippen LogP contribution is -2.19. The van der Waals surface area contributed by atoms with E-state index in [9.17, 15) is 4.79 Å². The van der Waals surface area contributed by atoms with Crippen molar-refractivity contribution in [3.8, 4) is 0 Å². The Hall–Kier alpha value is -0.790. The third-order valence-corrected chi connectivity index (χ3v) is 1.77. The summed E-state index contributed by atoms with van der Waals surface area (Å²) >= 11 is 0. The molecule has 1 fully saturated rings. The van der Waals surface area contributed by atoms with Gasteiger partial charge in [0.1, 0.15) is 0 Å². The van der Waals surface area contributed by atoms with E-state index in [0.717, 1.165) is 12.1 Å². The minimum Gasteiger partial charge on any atom is -0.320 e. The van der Waals surface area contributed by atoms with Crippen LogP contribution >= 0.6 is 0 Å². The van der Waals surface area contributed by atoms with Gasteiger partial charge in [0.05, 0.1) is 0 Å². The average molecular weight is 185 g/mol. The van der Waals surface area contributed by atoms with Crippen molar-refractivity contribution in [1.82, 2.24) is 4.90 Å². The van der Waals surface area contributed by atoms with Gasteiger partial charge < -0.3 is 4.90 Å². The normalized spacial score (nSPS) is 20.2. The molecule has 1 atom stereocenters. The molecule has 1 aliphatic heterocycles. The Balaban J connectivity index is 0. The van der Waals surface area contributed by atoms with Gasteiger partial charge in [0.25, 0.3) is 0 Å². The highest BCUT2D eigenvalue weighted by Crippen LogP contribution is 2.23. The molecule has 0 spiro atoms. The second-order valence-electron chi connectivity index (χ2n) is 2.57. The average Bonchev–Trinajstić information content (AvgIpc) is 2.40. The molecule has 0 aromatic heterocycles. The Morgan fingerprint density at radius 3 is 1.77 bits per heavy atom. The highest BCUT2D eigenvalue weighted by atomic mass is 16.2. The molecule has 0 saturated carbocycles. The van der Waals surface area contributed by atoms with E-state index < -0.39 is 0 Å². The fourth-order valence-corrected chi connectivity index (χ4v) is 1.06. The number of carbonyl (C=O) groups excluding carboxylic acids is 1. The molecule has 1 amide bonds. The summed E-state index contributed by atoms with van der Waals surface area (Å²) in [5.74, 6) is 0.350. The topological polar surface area (TPSA) is 20.3 Å². The van der Waals surface area contributed by atoms with Crippen molar-refractivity contribution >= 4 is 5.91 Å². The minimum absolute atomic E-state index is 0.155. The first-order valence-electron chi connectivity index (χ1n) is 5.08. The molecule has 0 radical (unpaired) electrons. The Bertz CT molecular complexity index is 163. The van der Waals surface area contributed by atoms with Crippen LogP contribution in [0, 0.1) is 5.92 Å². The lowest BCUT2D eigenvalue weighted by Gasteiger charge is -2.07. The summed E-state index contributed by atoms with van der Waals surface area (Å²) in [4.78, 5) is 12.6. The predicted molar refractivity (Wildman–Crippen MR) is 58.4 cm³/mol. The monoisotopic (exact) mass is 185 g/mol.